The second kappa shape index (κ2) is 4.94. The average molecular weight is 187 g/mol. The molecule has 1 aliphatic heterocycles. The zero-order chi connectivity index (χ0) is 9.73. The molecule has 0 amide bonds. The summed E-state index contributed by atoms with van der Waals surface area (Å²) >= 11 is 0. The quantitative estimate of drug-likeness (QED) is 0.672. The van der Waals surface area contributed by atoms with Crippen molar-refractivity contribution < 1.29 is 9.84 Å². The molecule has 1 aliphatic rings. The molecule has 0 spiro atoms. The number of aliphatic hydroxyl groups excluding tert-OH is 1. The van der Waals surface area contributed by atoms with Gasteiger partial charge in [0.05, 0.1) is 11.7 Å². The van der Waals surface area contributed by atoms with Crippen LogP contribution in [0.1, 0.15) is 33.1 Å². The fraction of sp³-hybridized carbons (Fsp3) is 1.00. The van der Waals surface area contributed by atoms with Crippen LogP contribution in [0.15, 0.2) is 0 Å². The van der Waals surface area contributed by atoms with Crippen molar-refractivity contribution in [1.82, 2.24) is 5.32 Å². The van der Waals surface area contributed by atoms with E-state index >= 15 is 0 Å². The van der Waals surface area contributed by atoms with Crippen molar-refractivity contribution in [3.05, 3.63) is 0 Å². The minimum atomic E-state index is -0.218. The summed E-state index contributed by atoms with van der Waals surface area (Å²) in [6, 6.07) is 0. The second-order valence-electron chi connectivity index (χ2n) is 4.09. The molecule has 0 radical (unpaired) electrons. The van der Waals surface area contributed by atoms with Crippen LogP contribution in [-0.2, 0) is 4.74 Å². The van der Waals surface area contributed by atoms with Crippen LogP contribution in [0, 0.1) is 0 Å². The van der Waals surface area contributed by atoms with Crippen molar-refractivity contribution in [3.8, 4) is 0 Å². The Bertz CT molecular complexity index is 144. The first-order valence-corrected chi connectivity index (χ1v) is 5.19. The van der Waals surface area contributed by atoms with E-state index in [1.165, 1.54) is 0 Å². The topological polar surface area (TPSA) is 41.5 Å². The van der Waals surface area contributed by atoms with Crippen LogP contribution < -0.4 is 5.32 Å². The van der Waals surface area contributed by atoms with Crippen molar-refractivity contribution in [2.24, 2.45) is 0 Å². The van der Waals surface area contributed by atoms with E-state index in [1.54, 1.807) is 0 Å². The van der Waals surface area contributed by atoms with Crippen LogP contribution in [0.4, 0.5) is 0 Å². The molecule has 0 aliphatic carbocycles. The molecule has 1 saturated heterocycles. The smallest absolute Gasteiger partial charge is 0.0779 e. The number of rotatable bonds is 5. The van der Waals surface area contributed by atoms with Crippen molar-refractivity contribution >= 4 is 0 Å². The third-order valence-electron chi connectivity index (χ3n) is 2.65. The van der Waals surface area contributed by atoms with Gasteiger partial charge in [0, 0.05) is 19.7 Å². The summed E-state index contributed by atoms with van der Waals surface area (Å²) in [7, 11) is 0. The van der Waals surface area contributed by atoms with Gasteiger partial charge in [-0.1, -0.05) is 6.92 Å². The van der Waals surface area contributed by atoms with Crippen LogP contribution >= 0.6 is 0 Å². The lowest BCUT2D eigenvalue weighted by Crippen LogP contribution is -2.40. The maximum atomic E-state index is 9.31. The zero-order valence-corrected chi connectivity index (χ0v) is 8.68. The van der Waals surface area contributed by atoms with Gasteiger partial charge in [-0.3, -0.25) is 0 Å². The van der Waals surface area contributed by atoms with E-state index < -0.39 is 0 Å². The fourth-order valence-corrected chi connectivity index (χ4v) is 1.62. The normalized spacial score (nSPS) is 30.7. The molecular weight excluding hydrogens is 166 g/mol. The molecule has 0 saturated carbocycles. The van der Waals surface area contributed by atoms with Gasteiger partial charge in [0.15, 0.2) is 0 Å². The maximum absolute atomic E-state index is 9.31. The Kier molecular flexibility index (Phi) is 4.16. The van der Waals surface area contributed by atoms with Gasteiger partial charge in [0.25, 0.3) is 0 Å². The molecule has 2 N–H and O–H groups in total. The zero-order valence-electron chi connectivity index (χ0n) is 8.68. The molecule has 2 unspecified atom stereocenters. The lowest BCUT2D eigenvalue weighted by atomic mass is 10.0. The number of ether oxygens (including phenoxy) is 1. The standard InChI is InChI=1S/C10H21NO2/c1-3-9(12)7-11-8-10(2)5-4-6-13-10/h9,11-12H,3-8H2,1-2H3. The highest BCUT2D eigenvalue weighted by atomic mass is 16.5. The van der Waals surface area contributed by atoms with E-state index in [0.29, 0.717) is 6.54 Å². The third-order valence-corrected chi connectivity index (χ3v) is 2.65. The summed E-state index contributed by atoms with van der Waals surface area (Å²) in [5.74, 6) is 0. The minimum absolute atomic E-state index is 0.00740. The summed E-state index contributed by atoms with van der Waals surface area (Å²) in [4.78, 5) is 0. The molecule has 0 aromatic carbocycles. The molecular formula is C10H21NO2. The van der Waals surface area contributed by atoms with Gasteiger partial charge in [0.2, 0.25) is 0 Å². The van der Waals surface area contributed by atoms with E-state index in [1.807, 2.05) is 6.92 Å². The average Bonchev–Trinajstić information content (AvgIpc) is 2.52. The molecule has 1 heterocycles. The lowest BCUT2D eigenvalue weighted by molar-refractivity contribution is 0.0185. The summed E-state index contributed by atoms with van der Waals surface area (Å²) in [6.07, 6.45) is 2.88. The lowest BCUT2D eigenvalue weighted by Gasteiger charge is -2.24. The first-order valence-electron chi connectivity index (χ1n) is 5.19. The molecule has 1 fully saturated rings. The minimum Gasteiger partial charge on any atom is -0.392 e. The molecule has 2 atom stereocenters. The van der Waals surface area contributed by atoms with Gasteiger partial charge < -0.3 is 15.2 Å². The van der Waals surface area contributed by atoms with Gasteiger partial charge in [-0.25, -0.2) is 0 Å². The molecule has 1 rings (SSSR count). The molecule has 13 heavy (non-hydrogen) atoms. The van der Waals surface area contributed by atoms with Gasteiger partial charge in [0.1, 0.15) is 0 Å². The highest BCUT2D eigenvalue weighted by molar-refractivity contribution is 4.82. The van der Waals surface area contributed by atoms with Crippen LogP contribution in [0.25, 0.3) is 0 Å². The van der Waals surface area contributed by atoms with Gasteiger partial charge in [-0.2, -0.15) is 0 Å². The Labute approximate surface area is 80.5 Å². The van der Waals surface area contributed by atoms with Crippen molar-refractivity contribution in [3.63, 3.8) is 0 Å². The Morgan fingerprint density at radius 1 is 1.62 bits per heavy atom. The SMILES string of the molecule is CCC(O)CNCC1(C)CCCO1. The predicted molar refractivity (Wildman–Crippen MR) is 52.8 cm³/mol. The van der Waals surface area contributed by atoms with Crippen LogP contribution in [0.2, 0.25) is 0 Å². The third kappa shape index (κ3) is 3.63. The number of hydrogen-bond acceptors (Lipinski definition) is 3. The van der Waals surface area contributed by atoms with Crippen molar-refractivity contribution in [1.29, 1.82) is 0 Å². The van der Waals surface area contributed by atoms with Gasteiger partial charge >= 0.3 is 0 Å². The van der Waals surface area contributed by atoms with Crippen molar-refractivity contribution in [2.45, 2.75) is 44.8 Å². The second-order valence-corrected chi connectivity index (χ2v) is 4.09. The monoisotopic (exact) mass is 187 g/mol. The van der Waals surface area contributed by atoms with E-state index in [4.69, 9.17) is 4.74 Å². The predicted octanol–water partition coefficient (Wildman–Crippen LogP) is 0.916. The first-order chi connectivity index (χ1) is 6.16. The Morgan fingerprint density at radius 3 is 2.92 bits per heavy atom. The maximum Gasteiger partial charge on any atom is 0.0779 e. The van der Waals surface area contributed by atoms with Crippen LogP contribution in [0.5, 0.6) is 0 Å². The summed E-state index contributed by atoms with van der Waals surface area (Å²) in [6.45, 7) is 6.53. The summed E-state index contributed by atoms with van der Waals surface area (Å²) in [5, 5.41) is 12.6. The largest absolute Gasteiger partial charge is 0.392 e. The van der Waals surface area contributed by atoms with E-state index in [2.05, 4.69) is 12.2 Å². The van der Waals surface area contributed by atoms with E-state index in [9.17, 15) is 5.11 Å². The molecule has 0 bridgehead atoms. The van der Waals surface area contributed by atoms with Crippen molar-refractivity contribution in [2.75, 3.05) is 19.7 Å². The number of nitrogens with one attached hydrogen (secondary N) is 1. The number of aliphatic hydroxyl groups is 1. The number of hydrogen-bond donors (Lipinski definition) is 2. The Morgan fingerprint density at radius 2 is 2.38 bits per heavy atom. The highest BCUT2D eigenvalue weighted by Gasteiger charge is 2.29. The van der Waals surface area contributed by atoms with Gasteiger partial charge in [-0.05, 0) is 26.2 Å². The Balaban J connectivity index is 2.11. The summed E-state index contributed by atoms with van der Waals surface area (Å²) in [5.41, 5.74) is 0.00740. The van der Waals surface area contributed by atoms with Gasteiger partial charge in [-0.15, -0.1) is 0 Å². The molecule has 78 valence electrons. The first kappa shape index (κ1) is 11.0. The van der Waals surface area contributed by atoms with Crippen LogP contribution in [-0.4, -0.2) is 36.5 Å². The molecule has 0 aromatic heterocycles. The fourth-order valence-electron chi connectivity index (χ4n) is 1.62. The summed E-state index contributed by atoms with van der Waals surface area (Å²) < 4.78 is 5.61. The molecule has 3 nitrogen and oxygen atoms in total. The highest BCUT2D eigenvalue weighted by Crippen LogP contribution is 2.23. The molecule has 0 aromatic rings. The van der Waals surface area contributed by atoms with Crippen LogP contribution in [0.3, 0.4) is 0 Å². The molecule has 3 heteroatoms. The van der Waals surface area contributed by atoms with E-state index in [0.717, 1.165) is 32.4 Å². The Hall–Kier alpha value is -0.120. The van der Waals surface area contributed by atoms with E-state index in [-0.39, 0.29) is 11.7 Å².